The molecule has 1 heterocycles. The summed E-state index contributed by atoms with van der Waals surface area (Å²) in [5.41, 5.74) is 1.60. The van der Waals surface area contributed by atoms with Gasteiger partial charge in [-0.1, -0.05) is 23.7 Å². The molecule has 0 unspecified atom stereocenters. The zero-order valence-electron chi connectivity index (χ0n) is 14.3. The second kappa shape index (κ2) is 7.53. The number of carbonyl (C=O) groups excluding carboxylic acids is 3. The molecule has 1 aliphatic heterocycles. The van der Waals surface area contributed by atoms with Crippen molar-refractivity contribution in [2.45, 2.75) is 26.7 Å². The first kappa shape index (κ1) is 18.7. The van der Waals surface area contributed by atoms with E-state index < -0.39 is 17.9 Å². The van der Waals surface area contributed by atoms with Crippen LogP contribution in [0.2, 0.25) is 0 Å². The first-order valence-electron chi connectivity index (χ1n) is 7.51. The molecule has 0 saturated carbocycles. The van der Waals surface area contributed by atoms with Crippen molar-refractivity contribution in [2.75, 3.05) is 7.11 Å². The van der Waals surface area contributed by atoms with Crippen LogP contribution in [0.3, 0.4) is 0 Å². The molecule has 1 atom stereocenters. The molecule has 0 fully saturated rings. The van der Waals surface area contributed by atoms with Crippen LogP contribution in [0, 0.1) is 0 Å². The normalized spacial score (nSPS) is 17.1. The highest BCUT2D eigenvalue weighted by Crippen LogP contribution is 2.40. The molecule has 132 valence electrons. The van der Waals surface area contributed by atoms with Gasteiger partial charge in [0.1, 0.15) is 10.9 Å². The van der Waals surface area contributed by atoms with E-state index >= 15 is 0 Å². The Morgan fingerprint density at radius 2 is 1.84 bits per heavy atom. The Balaban J connectivity index is 2.65. The van der Waals surface area contributed by atoms with Crippen molar-refractivity contribution >= 4 is 29.3 Å². The number of ketones is 1. The lowest BCUT2D eigenvalue weighted by Crippen LogP contribution is -2.30. The van der Waals surface area contributed by atoms with Crippen LogP contribution < -0.4 is 10.1 Å². The molecule has 25 heavy (non-hydrogen) atoms. The molecule has 0 aliphatic carbocycles. The molecule has 2 rings (SSSR count). The van der Waals surface area contributed by atoms with Gasteiger partial charge in [0, 0.05) is 24.1 Å². The molecule has 1 aliphatic rings. The maximum Gasteiger partial charge on any atom is 0.336 e. The van der Waals surface area contributed by atoms with Gasteiger partial charge >= 0.3 is 11.9 Å². The van der Waals surface area contributed by atoms with Gasteiger partial charge in [-0.25, -0.2) is 4.79 Å². The molecule has 0 bridgehead atoms. The highest BCUT2D eigenvalue weighted by molar-refractivity contribution is 6.32. The zero-order valence-corrected chi connectivity index (χ0v) is 15.1. The van der Waals surface area contributed by atoms with Crippen LogP contribution in [0.5, 0.6) is 5.75 Å². The highest BCUT2D eigenvalue weighted by Gasteiger charge is 2.36. The summed E-state index contributed by atoms with van der Waals surface area (Å²) in [6.07, 6.45) is 0. The molecule has 0 saturated heterocycles. The van der Waals surface area contributed by atoms with Crippen molar-refractivity contribution in [3.05, 3.63) is 51.8 Å². The van der Waals surface area contributed by atoms with Crippen molar-refractivity contribution < 1.29 is 23.9 Å². The third-order valence-electron chi connectivity index (χ3n) is 3.75. The van der Waals surface area contributed by atoms with E-state index in [-0.39, 0.29) is 22.1 Å². The van der Waals surface area contributed by atoms with Crippen molar-refractivity contribution in [1.29, 1.82) is 0 Å². The summed E-state index contributed by atoms with van der Waals surface area (Å²) >= 11 is 6.23. The van der Waals surface area contributed by atoms with Gasteiger partial charge in [-0.15, -0.1) is 0 Å². The van der Waals surface area contributed by atoms with Gasteiger partial charge in [-0.05, 0) is 31.5 Å². The third-order valence-corrected chi connectivity index (χ3v) is 4.05. The van der Waals surface area contributed by atoms with E-state index in [2.05, 4.69) is 5.32 Å². The third kappa shape index (κ3) is 3.91. The standard InChI is InChI=1S/C18H18ClNO5/c1-9-14(18(23)24-4)16(15(10(2)21)17(19)20-9)12-6-5-7-13(8-12)25-11(3)22/h5-8,16,20H,1-4H3/t16-/m1/s1. The smallest absolute Gasteiger partial charge is 0.336 e. The molecule has 1 N–H and O–H groups in total. The number of allylic oxidation sites excluding steroid dienone is 2. The van der Waals surface area contributed by atoms with E-state index in [0.29, 0.717) is 17.0 Å². The Kier molecular flexibility index (Phi) is 5.64. The first-order valence-corrected chi connectivity index (χ1v) is 7.89. The molecule has 0 amide bonds. The number of benzene rings is 1. The van der Waals surface area contributed by atoms with Gasteiger partial charge in [0.15, 0.2) is 5.78 Å². The van der Waals surface area contributed by atoms with E-state index in [0.717, 1.165) is 0 Å². The number of rotatable bonds is 4. The summed E-state index contributed by atoms with van der Waals surface area (Å²) < 4.78 is 9.97. The van der Waals surface area contributed by atoms with Gasteiger partial charge in [-0.3, -0.25) is 9.59 Å². The monoisotopic (exact) mass is 363 g/mol. The van der Waals surface area contributed by atoms with Gasteiger partial charge in [0.05, 0.1) is 12.7 Å². The highest BCUT2D eigenvalue weighted by atomic mass is 35.5. The minimum absolute atomic E-state index is 0.153. The number of nitrogens with one attached hydrogen (secondary N) is 1. The van der Waals surface area contributed by atoms with Gasteiger partial charge < -0.3 is 14.8 Å². The second-order valence-corrected chi connectivity index (χ2v) is 5.92. The van der Waals surface area contributed by atoms with E-state index in [9.17, 15) is 14.4 Å². The van der Waals surface area contributed by atoms with Gasteiger partial charge in [-0.2, -0.15) is 0 Å². The summed E-state index contributed by atoms with van der Waals surface area (Å²) in [7, 11) is 1.27. The Hall–Kier alpha value is -2.60. The Morgan fingerprint density at radius 3 is 2.40 bits per heavy atom. The fraction of sp³-hybridized carbons (Fsp3) is 0.278. The zero-order chi connectivity index (χ0) is 18.7. The van der Waals surface area contributed by atoms with E-state index in [4.69, 9.17) is 21.1 Å². The maximum atomic E-state index is 12.3. The summed E-state index contributed by atoms with van der Waals surface area (Å²) in [6, 6.07) is 6.61. The topological polar surface area (TPSA) is 81.7 Å². The Morgan fingerprint density at radius 1 is 1.16 bits per heavy atom. The lowest BCUT2D eigenvalue weighted by molar-refractivity contribution is -0.136. The number of carbonyl (C=O) groups is 3. The molecule has 0 aromatic heterocycles. The average Bonchev–Trinajstić information content (AvgIpc) is 2.52. The number of esters is 2. The predicted octanol–water partition coefficient (Wildman–Crippen LogP) is 2.79. The van der Waals surface area contributed by atoms with Crippen LogP contribution in [0.4, 0.5) is 0 Å². The summed E-state index contributed by atoms with van der Waals surface area (Å²) in [4.78, 5) is 35.7. The molecule has 1 aromatic rings. The predicted molar refractivity (Wildman–Crippen MR) is 91.9 cm³/mol. The van der Waals surface area contributed by atoms with Crippen LogP contribution in [0.25, 0.3) is 0 Å². The first-order chi connectivity index (χ1) is 11.8. The number of dihydropyridines is 1. The SMILES string of the molecule is COC(=O)C1=C(C)NC(Cl)=C(C(C)=O)[C@@H]1c1cccc(OC(C)=O)c1. The number of halogens is 1. The Bertz CT molecular complexity index is 809. The average molecular weight is 364 g/mol. The fourth-order valence-electron chi connectivity index (χ4n) is 2.78. The maximum absolute atomic E-state index is 12.3. The molecule has 0 radical (unpaired) electrons. The van der Waals surface area contributed by atoms with Crippen molar-refractivity contribution in [3.8, 4) is 5.75 Å². The number of hydrogen-bond acceptors (Lipinski definition) is 6. The Labute approximate surface area is 150 Å². The lowest BCUT2D eigenvalue weighted by Gasteiger charge is -2.29. The number of hydrogen-bond donors (Lipinski definition) is 1. The van der Waals surface area contributed by atoms with E-state index in [1.54, 1.807) is 31.2 Å². The van der Waals surface area contributed by atoms with Crippen molar-refractivity contribution in [2.24, 2.45) is 0 Å². The van der Waals surface area contributed by atoms with E-state index in [1.807, 2.05) is 0 Å². The molecular formula is C18H18ClNO5. The molecule has 7 heteroatoms. The number of Topliss-reactive ketones (excluding diaryl/α,β-unsaturated/α-hetero) is 1. The fourth-order valence-corrected chi connectivity index (χ4v) is 3.17. The van der Waals surface area contributed by atoms with Crippen molar-refractivity contribution in [1.82, 2.24) is 5.32 Å². The van der Waals surface area contributed by atoms with Crippen LogP contribution in [0.15, 0.2) is 46.3 Å². The van der Waals surface area contributed by atoms with Gasteiger partial charge in [0.25, 0.3) is 0 Å². The minimum atomic E-state index is -0.728. The van der Waals surface area contributed by atoms with Gasteiger partial charge in [0.2, 0.25) is 0 Å². The van der Waals surface area contributed by atoms with Crippen LogP contribution >= 0.6 is 11.6 Å². The quantitative estimate of drug-likeness (QED) is 0.503. The number of ether oxygens (including phenoxy) is 2. The van der Waals surface area contributed by atoms with Crippen LogP contribution in [-0.2, 0) is 19.1 Å². The second-order valence-electron chi connectivity index (χ2n) is 5.54. The molecule has 6 nitrogen and oxygen atoms in total. The van der Waals surface area contributed by atoms with E-state index in [1.165, 1.54) is 21.0 Å². The largest absolute Gasteiger partial charge is 0.466 e. The summed E-state index contributed by atoms with van der Waals surface area (Å²) in [6.45, 7) is 4.34. The van der Waals surface area contributed by atoms with Crippen molar-refractivity contribution in [3.63, 3.8) is 0 Å². The summed E-state index contributed by atoms with van der Waals surface area (Å²) in [5, 5.41) is 2.99. The molecular weight excluding hydrogens is 346 g/mol. The molecule has 0 spiro atoms. The lowest BCUT2D eigenvalue weighted by atomic mass is 9.80. The minimum Gasteiger partial charge on any atom is -0.466 e. The summed E-state index contributed by atoms with van der Waals surface area (Å²) in [5.74, 6) is -1.74. The van der Waals surface area contributed by atoms with Crippen LogP contribution in [0.1, 0.15) is 32.3 Å². The number of methoxy groups -OCH3 is 1. The van der Waals surface area contributed by atoms with Crippen LogP contribution in [-0.4, -0.2) is 24.8 Å². The molecule has 1 aromatic carbocycles.